The molecule has 2 aromatic rings. The van der Waals surface area contributed by atoms with Crippen molar-refractivity contribution in [1.29, 1.82) is 5.26 Å². The lowest BCUT2D eigenvalue weighted by molar-refractivity contribution is -0.117. The molecule has 1 N–H and O–H groups in total. The summed E-state index contributed by atoms with van der Waals surface area (Å²) < 4.78 is 6.99. The average molecular weight is 284 g/mol. The SMILES string of the molecule is CC(C)n1cc(C#N)c(NC(=O)[C@H]2C[C@@H]2c2ccco2)n1. The average Bonchev–Trinajstić information content (AvgIpc) is 2.89. The van der Waals surface area contributed by atoms with Gasteiger partial charge in [-0.2, -0.15) is 10.4 Å². The summed E-state index contributed by atoms with van der Waals surface area (Å²) in [6.07, 6.45) is 4.03. The Hall–Kier alpha value is -2.55. The first-order valence-corrected chi connectivity index (χ1v) is 6.93. The summed E-state index contributed by atoms with van der Waals surface area (Å²) >= 11 is 0. The lowest BCUT2D eigenvalue weighted by Crippen LogP contribution is -2.16. The third-order valence-corrected chi connectivity index (χ3v) is 3.66. The van der Waals surface area contributed by atoms with Gasteiger partial charge in [-0.05, 0) is 32.4 Å². The summed E-state index contributed by atoms with van der Waals surface area (Å²) in [5.41, 5.74) is 0.382. The van der Waals surface area contributed by atoms with Gasteiger partial charge in [0.2, 0.25) is 5.91 Å². The molecular weight excluding hydrogens is 268 g/mol. The first-order chi connectivity index (χ1) is 10.1. The number of aromatic nitrogens is 2. The fraction of sp³-hybridized carbons (Fsp3) is 0.400. The summed E-state index contributed by atoms with van der Waals surface area (Å²) in [7, 11) is 0. The fourth-order valence-electron chi connectivity index (χ4n) is 2.34. The Morgan fingerprint density at radius 1 is 1.62 bits per heavy atom. The highest BCUT2D eigenvalue weighted by Crippen LogP contribution is 2.48. The molecular formula is C15H16N4O2. The van der Waals surface area contributed by atoms with E-state index < -0.39 is 0 Å². The van der Waals surface area contributed by atoms with E-state index in [0.29, 0.717) is 11.4 Å². The molecule has 0 bridgehead atoms. The third-order valence-electron chi connectivity index (χ3n) is 3.66. The van der Waals surface area contributed by atoms with E-state index in [4.69, 9.17) is 9.68 Å². The summed E-state index contributed by atoms with van der Waals surface area (Å²) in [5.74, 6) is 1.09. The summed E-state index contributed by atoms with van der Waals surface area (Å²) in [5, 5.41) is 16.1. The number of carbonyl (C=O) groups excluding carboxylic acids is 1. The van der Waals surface area contributed by atoms with Crippen molar-refractivity contribution in [2.24, 2.45) is 5.92 Å². The molecule has 21 heavy (non-hydrogen) atoms. The Labute approximate surface area is 122 Å². The van der Waals surface area contributed by atoms with Gasteiger partial charge in [-0.25, -0.2) is 0 Å². The minimum atomic E-state index is -0.109. The second kappa shape index (κ2) is 5.09. The van der Waals surface area contributed by atoms with E-state index in [9.17, 15) is 4.79 Å². The number of carbonyl (C=O) groups is 1. The van der Waals surface area contributed by atoms with Crippen LogP contribution in [0.5, 0.6) is 0 Å². The molecule has 0 spiro atoms. The Morgan fingerprint density at radius 2 is 2.43 bits per heavy atom. The quantitative estimate of drug-likeness (QED) is 0.935. The third kappa shape index (κ3) is 2.55. The van der Waals surface area contributed by atoms with Gasteiger partial charge in [0.15, 0.2) is 5.82 Å². The van der Waals surface area contributed by atoms with Crippen molar-refractivity contribution in [3.8, 4) is 6.07 Å². The number of hydrogen-bond donors (Lipinski definition) is 1. The van der Waals surface area contributed by atoms with E-state index in [-0.39, 0.29) is 23.8 Å². The van der Waals surface area contributed by atoms with Gasteiger partial charge >= 0.3 is 0 Å². The largest absolute Gasteiger partial charge is 0.469 e. The van der Waals surface area contributed by atoms with Crippen molar-refractivity contribution in [3.05, 3.63) is 35.9 Å². The molecule has 108 valence electrons. The number of furan rings is 1. The van der Waals surface area contributed by atoms with Crippen LogP contribution in [0.15, 0.2) is 29.0 Å². The molecule has 0 aromatic carbocycles. The Balaban J connectivity index is 1.70. The van der Waals surface area contributed by atoms with Crippen LogP contribution in [0.25, 0.3) is 0 Å². The highest BCUT2D eigenvalue weighted by Gasteiger charge is 2.46. The summed E-state index contributed by atoms with van der Waals surface area (Å²) in [6, 6.07) is 5.90. The van der Waals surface area contributed by atoms with Crippen molar-refractivity contribution in [1.82, 2.24) is 9.78 Å². The molecule has 0 aliphatic heterocycles. The van der Waals surface area contributed by atoms with E-state index in [1.54, 1.807) is 17.1 Å². The van der Waals surface area contributed by atoms with Crippen LogP contribution >= 0.6 is 0 Å². The molecule has 1 fully saturated rings. The van der Waals surface area contributed by atoms with Gasteiger partial charge in [0.05, 0.1) is 6.26 Å². The molecule has 1 aliphatic rings. The maximum Gasteiger partial charge on any atom is 0.229 e. The number of nitriles is 1. The van der Waals surface area contributed by atoms with E-state index in [1.807, 2.05) is 26.0 Å². The molecule has 6 heteroatoms. The van der Waals surface area contributed by atoms with Crippen LogP contribution in [-0.4, -0.2) is 15.7 Å². The number of hydrogen-bond acceptors (Lipinski definition) is 4. The lowest BCUT2D eigenvalue weighted by atomic mass is 10.2. The smallest absolute Gasteiger partial charge is 0.229 e. The Morgan fingerprint density at radius 3 is 3.05 bits per heavy atom. The Kier molecular flexibility index (Phi) is 3.26. The van der Waals surface area contributed by atoms with Crippen LogP contribution in [0, 0.1) is 17.2 Å². The number of amides is 1. The zero-order valence-electron chi connectivity index (χ0n) is 11.9. The van der Waals surface area contributed by atoms with Gasteiger partial charge in [0, 0.05) is 24.1 Å². The van der Waals surface area contributed by atoms with Gasteiger partial charge < -0.3 is 9.73 Å². The van der Waals surface area contributed by atoms with Crippen LogP contribution in [-0.2, 0) is 4.79 Å². The highest BCUT2D eigenvalue weighted by molar-refractivity contribution is 5.95. The highest BCUT2D eigenvalue weighted by atomic mass is 16.3. The molecule has 1 aliphatic carbocycles. The number of anilines is 1. The number of nitrogens with one attached hydrogen (secondary N) is 1. The first-order valence-electron chi connectivity index (χ1n) is 6.93. The minimum Gasteiger partial charge on any atom is -0.469 e. The van der Waals surface area contributed by atoms with Gasteiger partial charge in [-0.3, -0.25) is 9.48 Å². The summed E-state index contributed by atoms with van der Waals surface area (Å²) in [4.78, 5) is 12.2. The lowest BCUT2D eigenvalue weighted by Gasteiger charge is -2.04. The van der Waals surface area contributed by atoms with E-state index in [1.165, 1.54) is 0 Å². The minimum absolute atomic E-state index is 0.105. The molecule has 2 heterocycles. The molecule has 0 radical (unpaired) electrons. The van der Waals surface area contributed by atoms with Crippen molar-refractivity contribution in [2.75, 3.05) is 5.32 Å². The van der Waals surface area contributed by atoms with Crippen molar-refractivity contribution in [2.45, 2.75) is 32.2 Å². The van der Waals surface area contributed by atoms with Crippen LogP contribution in [0.4, 0.5) is 5.82 Å². The molecule has 0 saturated heterocycles. The maximum absolute atomic E-state index is 12.2. The second-order valence-electron chi connectivity index (χ2n) is 5.53. The van der Waals surface area contributed by atoms with Crippen LogP contribution in [0.1, 0.15) is 43.6 Å². The van der Waals surface area contributed by atoms with Gasteiger partial charge in [-0.1, -0.05) is 0 Å². The van der Waals surface area contributed by atoms with Crippen LogP contribution in [0.2, 0.25) is 0 Å². The predicted octanol–water partition coefficient (Wildman–Crippen LogP) is 2.67. The topological polar surface area (TPSA) is 83.9 Å². The molecule has 3 rings (SSSR count). The van der Waals surface area contributed by atoms with Gasteiger partial charge in [0.25, 0.3) is 0 Å². The monoisotopic (exact) mass is 284 g/mol. The standard InChI is InChI=1S/C15H16N4O2/c1-9(2)19-8-10(7-16)14(18-19)17-15(20)12-6-11(12)13-4-3-5-21-13/h3-5,8-9,11-12H,6H2,1-2H3,(H,17,18,20)/t11-,12-/m0/s1. The Bertz CT molecular complexity index is 694. The van der Waals surface area contributed by atoms with Crippen molar-refractivity contribution >= 4 is 11.7 Å². The second-order valence-corrected chi connectivity index (χ2v) is 5.53. The number of nitrogens with zero attached hydrogens (tertiary/aromatic N) is 3. The summed E-state index contributed by atoms with van der Waals surface area (Å²) in [6.45, 7) is 3.93. The predicted molar refractivity (Wildman–Crippen MR) is 75.5 cm³/mol. The normalized spacial score (nSPS) is 20.3. The van der Waals surface area contributed by atoms with Gasteiger partial charge in [-0.15, -0.1) is 0 Å². The van der Waals surface area contributed by atoms with Crippen LogP contribution in [0.3, 0.4) is 0 Å². The molecule has 2 atom stereocenters. The molecule has 1 saturated carbocycles. The van der Waals surface area contributed by atoms with E-state index in [2.05, 4.69) is 16.5 Å². The van der Waals surface area contributed by atoms with Crippen LogP contribution < -0.4 is 5.32 Å². The zero-order valence-corrected chi connectivity index (χ0v) is 11.9. The zero-order chi connectivity index (χ0) is 15.0. The molecule has 0 unspecified atom stereocenters. The fourth-order valence-corrected chi connectivity index (χ4v) is 2.34. The molecule has 1 amide bonds. The van der Waals surface area contributed by atoms with Crippen molar-refractivity contribution in [3.63, 3.8) is 0 Å². The molecule has 2 aromatic heterocycles. The van der Waals surface area contributed by atoms with E-state index in [0.717, 1.165) is 12.2 Å². The van der Waals surface area contributed by atoms with Crippen molar-refractivity contribution < 1.29 is 9.21 Å². The first kappa shape index (κ1) is 13.4. The van der Waals surface area contributed by atoms with Gasteiger partial charge in [0.1, 0.15) is 17.4 Å². The number of rotatable bonds is 4. The molecule has 6 nitrogen and oxygen atoms in total. The van der Waals surface area contributed by atoms with E-state index >= 15 is 0 Å². The maximum atomic E-state index is 12.2.